The van der Waals surface area contributed by atoms with Crippen LogP contribution in [0, 0.1) is 23.0 Å². The van der Waals surface area contributed by atoms with Crippen molar-refractivity contribution >= 4 is 22.8 Å². The number of aliphatic hydroxyl groups excluding tert-OH is 1. The summed E-state index contributed by atoms with van der Waals surface area (Å²) in [6.45, 7) is 7.27. The predicted molar refractivity (Wildman–Crippen MR) is 167 cm³/mol. The number of benzene rings is 2. The molecule has 10 heteroatoms. The van der Waals surface area contributed by atoms with Crippen LogP contribution >= 0.6 is 0 Å². The number of aliphatic hydroxyl groups is 1. The Bertz CT molecular complexity index is 1540. The van der Waals surface area contributed by atoms with Gasteiger partial charge in [0.15, 0.2) is 0 Å². The molecule has 4 rings (SSSR count). The van der Waals surface area contributed by atoms with Crippen molar-refractivity contribution in [1.82, 2.24) is 19.8 Å². The van der Waals surface area contributed by atoms with Crippen molar-refractivity contribution in [2.75, 3.05) is 19.6 Å². The van der Waals surface area contributed by atoms with Crippen molar-refractivity contribution in [2.24, 2.45) is 24.1 Å². The Morgan fingerprint density at radius 1 is 1.14 bits per heavy atom. The number of halogens is 2. The lowest BCUT2D eigenvalue weighted by Gasteiger charge is -2.42. The van der Waals surface area contributed by atoms with Gasteiger partial charge in [-0.1, -0.05) is 43.7 Å². The number of allylic oxidation sites excluding steroid dienone is 2. The Kier molecular flexibility index (Phi) is 10.7. The van der Waals surface area contributed by atoms with Gasteiger partial charge in [-0.3, -0.25) is 9.59 Å². The van der Waals surface area contributed by atoms with Crippen LogP contribution in [0.4, 0.5) is 8.78 Å². The Hall–Kier alpha value is -3.89. The van der Waals surface area contributed by atoms with Crippen LogP contribution < -0.4 is 11.1 Å². The first-order chi connectivity index (χ1) is 21.0. The molecule has 0 aliphatic heterocycles. The summed E-state index contributed by atoms with van der Waals surface area (Å²) in [6, 6.07) is 10.9. The maximum Gasteiger partial charge on any atom is 0.249 e. The number of carbonyl (C=O) groups is 2. The molecule has 1 aromatic heterocycles. The fourth-order valence-electron chi connectivity index (χ4n) is 6.39. The van der Waals surface area contributed by atoms with Gasteiger partial charge in [-0.15, -0.1) is 0 Å². The minimum Gasteiger partial charge on any atom is -0.391 e. The highest BCUT2D eigenvalue weighted by Crippen LogP contribution is 2.44. The molecular weight excluding hydrogens is 564 g/mol. The molecule has 0 bridgehead atoms. The summed E-state index contributed by atoms with van der Waals surface area (Å²) in [6.07, 6.45) is 3.75. The number of hydrogen-bond donors (Lipinski definition) is 3. The molecule has 3 atom stereocenters. The van der Waals surface area contributed by atoms with Crippen LogP contribution in [0.15, 0.2) is 65.8 Å². The van der Waals surface area contributed by atoms with Crippen molar-refractivity contribution in [2.45, 2.75) is 59.1 Å². The second kappa shape index (κ2) is 14.3. The SMILES string of the molecule is CCCN(CCC)C(=O)C1=CC(C)=CC(C(N)=O)([C@H](Cc2cc(F)cc(F)c2)[C@@H](O)CNCc2nc3ccccc3n2C)C1. The summed E-state index contributed by atoms with van der Waals surface area (Å²) in [4.78, 5) is 33.6. The van der Waals surface area contributed by atoms with E-state index < -0.39 is 35.0 Å². The number of imidazole rings is 1. The number of fused-ring (bicyclic) bond motifs is 1. The fraction of sp³-hybridized carbons (Fsp3) is 0.441. The number of rotatable bonds is 14. The second-order valence-corrected chi connectivity index (χ2v) is 11.8. The highest BCUT2D eigenvalue weighted by atomic mass is 19.1. The van der Waals surface area contributed by atoms with Crippen molar-refractivity contribution in [1.29, 1.82) is 0 Å². The van der Waals surface area contributed by atoms with Gasteiger partial charge in [0.05, 0.1) is 29.1 Å². The quantitative estimate of drug-likeness (QED) is 0.249. The summed E-state index contributed by atoms with van der Waals surface area (Å²) in [5.41, 5.74) is 7.79. The van der Waals surface area contributed by atoms with Gasteiger partial charge in [-0.25, -0.2) is 13.8 Å². The standard InChI is InChI=1S/C34H43F2N5O3/c1-5-11-41(12-6-2)32(43)24-13-22(3)18-34(19-24,33(37)44)27(16-23-14-25(35)17-26(36)15-23)30(42)20-38-21-31-39-28-9-7-8-10-29(28)40(31)4/h7-10,13-15,17-18,27,30,38,42H,5-6,11-12,16,19-21H2,1-4H3,(H2,37,44)/t27-,30+,34?/m1/s1. The largest absolute Gasteiger partial charge is 0.391 e. The molecule has 0 saturated heterocycles. The summed E-state index contributed by atoms with van der Waals surface area (Å²) < 4.78 is 30.5. The van der Waals surface area contributed by atoms with E-state index in [0.29, 0.717) is 30.8 Å². The molecule has 0 saturated carbocycles. The molecule has 8 nitrogen and oxygen atoms in total. The molecule has 2 amide bonds. The van der Waals surface area contributed by atoms with E-state index in [1.54, 1.807) is 24.0 Å². The Morgan fingerprint density at radius 3 is 2.41 bits per heavy atom. The van der Waals surface area contributed by atoms with Crippen LogP contribution in [-0.4, -0.2) is 57.1 Å². The van der Waals surface area contributed by atoms with Crippen LogP contribution in [0.5, 0.6) is 0 Å². The minimum atomic E-state index is -1.49. The number of amides is 2. The zero-order valence-corrected chi connectivity index (χ0v) is 25.9. The molecule has 0 radical (unpaired) electrons. The third-order valence-electron chi connectivity index (χ3n) is 8.40. The summed E-state index contributed by atoms with van der Waals surface area (Å²) >= 11 is 0. The van der Waals surface area contributed by atoms with Gasteiger partial charge in [-0.2, -0.15) is 0 Å². The molecule has 3 aromatic rings. The van der Waals surface area contributed by atoms with Gasteiger partial charge in [-0.05, 0) is 62.4 Å². The maximum absolute atomic E-state index is 14.3. The number of nitrogens with two attached hydrogens (primary N) is 1. The number of para-hydroxylation sites is 2. The number of hydrogen-bond acceptors (Lipinski definition) is 5. The van der Waals surface area contributed by atoms with Crippen LogP contribution in [-0.2, 0) is 29.6 Å². The van der Waals surface area contributed by atoms with E-state index in [-0.39, 0.29) is 30.9 Å². The molecule has 0 fully saturated rings. The molecule has 1 heterocycles. The Morgan fingerprint density at radius 2 is 1.80 bits per heavy atom. The minimum absolute atomic E-state index is 0.0350. The first-order valence-electron chi connectivity index (χ1n) is 15.2. The molecule has 0 spiro atoms. The van der Waals surface area contributed by atoms with Gasteiger partial charge >= 0.3 is 0 Å². The average Bonchev–Trinajstić information content (AvgIpc) is 3.29. The summed E-state index contributed by atoms with van der Waals surface area (Å²) in [5.74, 6) is -2.58. The lowest BCUT2D eigenvalue weighted by molar-refractivity contribution is -0.132. The third-order valence-corrected chi connectivity index (χ3v) is 8.40. The fourth-order valence-corrected chi connectivity index (χ4v) is 6.39. The second-order valence-electron chi connectivity index (χ2n) is 11.8. The topological polar surface area (TPSA) is 113 Å². The lowest BCUT2D eigenvalue weighted by atomic mass is 9.63. The van der Waals surface area contributed by atoms with Gasteiger partial charge < -0.3 is 25.6 Å². The number of nitrogens with zero attached hydrogens (tertiary/aromatic N) is 3. The Labute approximate surface area is 257 Å². The first kappa shape index (κ1) is 33.0. The molecule has 1 aliphatic rings. The molecular formula is C34H43F2N5O3. The number of aryl methyl sites for hydroxylation is 1. The highest BCUT2D eigenvalue weighted by molar-refractivity contribution is 5.97. The third kappa shape index (κ3) is 7.25. The van der Waals surface area contributed by atoms with E-state index in [9.17, 15) is 23.5 Å². The smallest absolute Gasteiger partial charge is 0.249 e. The predicted octanol–water partition coefficient (Wildman–Crippen LogP) is 4.56. The van der Waals surface area contributed by atoms with E-state index in [2.05, 4.69) is 10.3 Å². The number of carbonyl (C=O) groups excluding carboxylic acids is 2. The van der Waals surface area contributed by atoms with Crippen LogP contribution in [0.2, 0.25) is 0 Å². The van der Waals surface area contributed by atoms with Crippen LogP contribution in [0.1, 0.15) is 51.4 Å². The molecule has 1 unspecified atom stereocenters. The van der Waals surface area contributed by atoms with Gasteiger partial charge in [0.1, 0.15) is 17.5 Å². The maximum atomic E-state index is 14.3. The normalized spacial score (nSPS) is 18.1. The zero-order valence-electron chi connectivity index (χ0n) is 25.9. The molecule has 236 valence electrons. The lowest BCUT2D eigenvalue weighted by Crippen LogP contribution is -2.51. The first-order valence-corrected chi connectivity index (χ1v) is 15.2. The Balaban J connectivity index is 1.67. The van der Waals surface area contributed by atoms with E-state index in [1.807, 2.05) is 49.7 Å². The zero-order chi connectivity index (χ0) is 32.0. The van der Waals surface area contributed by atoms with E-state index in [4.69, 9.17) is 5.73 Å². The van der Waals surface area contributed by atoms with Crippen LogP contribution in [0.3, 0.4) is 0 Å². The van der Waals surface area contributed by atoms with Gasteiger partial charge in [0.25, 0.3) is 0 Å². The van der Waals surface area contributed by atoms with Crippen molar-refractivity contribution in [3.8, 4) is 0 Å². The molecule has 4 N–H and O–H groups in total. The summed E-state index contributed by atoms with van der Waals surface area (Å²) in [5, 5.41) is 15.0. The van der Waals surface area contributed by atoms with E-state index >= 15 is 0 Å². The van der Waals surface area contributed by atoms with Gasteiger partial charge in [0.2, 0.25) is 11.8 Å². The van der Waals surface area contributed by atoms with Gasteiger partial charge in [0, 0.05) is 44.2 Å². The molecule has 2 aromatic carbocycles. The van der Waals surface area contributed by atoms with Crippen LogP contribution in [0.25, 0.3) is 11.0 Å². The molecule has 44 heavy (non-hydrogen) atoms. The number of primary amides is 1. The highest BCUT2D eigenvalue weighted by Gasteiger charge is 2.48. The number of aromatic nitrogens is 2. The summed E-state index contributed by atoms with van der Waals surface area (Å²) in [7, 11) is 1.91. The number of nitrogens with one attached hydrogen (secondary N) is 1. The van der Waals surface area contributed by atoms with E-state index in [1.165, 1.54) is 12.1 Å². The van der Waals surface area contributed by atoms with E-state index in [0.717, 1.165) is 35.8 Å². The molecule has 1 aliphatic carbocycles. The van der Waals surface area contributed by atoms with Crippen molar-refractivity contribution in [3.63, 3.8) is 0 Å². The van der Waals surface area contributed by atoms with Crippen molar-refractivity contribution in [3.05, 3.63) is 88.8 Å². The van der Waals surface area contributed by atoms with Crippen molar-refractivity contribution < 1.29 is 23.5 Å². The monoisotopic (exact) mass is 607 g/mol. The average molecular weight is 608 g/mol.